The Bertz CT molecular complexity index is 192. The molecule has 4 heteroatoms. The number of hydrogen-bond donors (Lipinski definition) is 2. The van der Waals surface area contributed by atoms with Gasteiger partial charge in [0.25, 0.3) is 0 Å². The Morgan fingerprint density at radius 1 is 1.64 bits per heavy atom. The second-order valence-electron chi connectivity index (χ2n) is 4.43. The SMILES string of the molecule is CC(C)(O)CNC(=O)CC1CCCO1. The van der Waals surface area contributed by atoms with Gasteiger partial charge in [0.05, 0.1) is 18.1 Å². The average molecular weight is 201 g/mol. The van der Waals surface area contributed by atoms with Crippen LogP contribution in [0.25, 0.3) is 0 Å². The Kier molecular flexibility index (Phi) is 3.89. The van der Waals surface area contributed by atoms with E-state index >= 15 is 0 Å². The summed E-state index contributed by atoms with van der Waals surface area (Å²) < 4.78 is 5.33. The number of amides is 1. The van der Waals surface area contributed by atoms with Crippen LogP contribution < -0.4 is 5.32 Å². The van der Waals surface area contributed by atoms with Crippen molar-refractivity contribution in [2.24, 2.45) is 0 Å². The average Bonchev–Trinajstić information content (AvgIpc) is 2.52. The van der Waals surface area contributed by atoms with Crippen molar-refractivity contribution >= 4 is 5.91 Å². The molecule has 1 saturated heterocycles. The summed E-state index contributed by atoms with van der Waals surface area (Å²) in [5, 5.41) is 12.1. The van der Waals surface area contributed by atoms with Crippen molar-refractivity contribution in [2.75, 3.05) is 13.2 Å². The van der Waals surface area contributed by atoms with Crippen molar-refractivity contribution in [1.82, 2.24) is 5.32 Å². The molecule has 0 radical (unpaired) electrons. The molecular weight excluding hydrogens is 182 g/mol. The van der Waals surface area contributed by atoms with E-state index in [1.54, 1.807) is 13.8 Å². The smallest absolute Gasteiger partial charge is 0.222 e. The van der Waals surface area contributed by atoms with Crippen molar-refractivity contribution in [2.45, 2.75) is 44.8 Å². The molecule has 1 fully saturated rings. The molecule has 1 atom stereocenters. The molecule has 0 bridgehead atoms. The van der Waals surface area contributed by atoms with Gasteiger partial charge in [0.1, 0.15) is 0 Å². The molecule has 1 aliphatic rings. The summed E-state index contributed by atoms with van der Waals surface area (Å²) in [5.41, 5.74) is -0.841. The van der Waals surface area contributed by atoms with Gasteiger partial charge in [-0.3, -0.25) is 4.79 Å². The van der Waals surface area contributed by atoms with Gasteiger partial charge in [-0.2, -0.15) is 0 Å². The summed E-state index contributed by atoms with van der Waals surface area (Å²) in [5.74, 6) is -0.0426. The molecule has 4 nitrogen and oxygen atoms in total. The van der Waals surface area contributed by atoms with Gasteiger partial charge in [-0.15, -0.1) is 0 Å². The van der Waals surface area contributed by atoms with E-state index in [0.29, 0.717) is 13.0 Å². The van der Waals surface area contributed by atoms with Crippen LogP contribution in [0.3, 0.4) is 0 Å². The molecule has 0 aromatic carbocycles. The third kappa shape index (κ3) is 4.58. The Morgan fingerprint density at radius 2 is 2.36 bits per heavy atom. The number of carbonyl (C=O) groups excluding carboxylic acids is 1. The summed E-state index contributed by atoms with van der Waals surface area (Å²) in [6.07, 6.45) is 2.51. The van der Waals surface area contributed by atoms with E-state index in [1.165, 1.54) is 0 Å². The molecule has 1 aliphatic heterocycles. The van der Waals surface area contributed by atoms with Crippen molar-refractivity contribution in [3.05, 3.63) is 0 Å². The normalized spacial score (nSPS) is 22.4. The molecule has 1 rings (SSSR count). The Balaban J connectivity index is 2.15. The third-order valence-electron chi connectivity index (χ3n) is 2.16. The highest BCUT2D eigenvalue weighted by atomic mass is 16.5. The monoisotopic (exact) mass is 201 g/mol. The van der Waals surface area contributed by atoms with E-state index in [1.807, 2.05) is 0 Å². The van der Waals surface area contributed by atoms with E-state index < -0.39 is 5.60 Å². The van der Waals surface area contributed by atoms with E-state index in [4.69, 9.17) is 4.74 Å². The fourth-order valence-electron chi connectivity index (χ4n) is 1.40. The number of hydrogen-bond acceptors (Lipinski definition) is 3. The first-order valence-electron chi connectivity index (χ1n) is 5.08. The number of rotatable bonds is 4. The fraction of sp³-hybridized carbons (Fsp3) is 0.900. The van der Waals surface area contributed by atoms with Gasteiger partial charge in [0, 0.05) is 13.2 Å². The maximum absolute atomic E-state index is 11.3. The minimum atomic E-state index is -0.841. The molecule has 0 saturated carbocycles. The summed E-state index contributed by atoms with van der Waals surface area (Å²) in [4.78, 5) is 11.3. The molecule has 1 heterocycles. The van der Waals surface area contributed by atoms with Crippen LogP contribution >= 0.6 is 0 Å². The van der Waals surface area contributed by atoms with Crippen LogP contribution in [0.2, 0.25) is 0 Å². The highest BCUT2D eigenvalue weighted by molar-refractivity contribution is 5.76. The highest BCUT2D eigenvalue weighted by Crippen LogP contribution is 2.14. The minimum Gasteiger partial charge on any atom is -0.389 e. The van der Waals surface area contributed by atoms with Crippen LogP contribution in [0.4, 0.5) is 0 Å². The van der Waals surface area contributed by atoms with Crippen LogP contribution in [-0.4, -0.2) is 35.9 Å². The zero-order valence-corrected chi connectivity index (χ0v) is 8.88. The number of carbonyl (C=O) groups is 1. The highest BCUT2D eigenvalue weighted by Gasteiger charge is 2.20. The maximum atomic E-state index is 11.3. The van der Waals surface area contributed by atoms with Gasteiger partial charge in [0.15, 0.2) is 0 Å². The van der Waals surface area contributed by atoms with Crippen LogP contribution in [0.5, 0.6) is 0 Å². The lowest BCUT2D eigenvalue weighted by Gasteiger charge is -2.18. The molecule has 0 aliphatic carbocycles. The van der Waals surface area contributed by atoms with Gasteiger partial charge in [-0.25, -0.2) is 0 Å². The number of ether oxygens (including phenoxy) is 1. The van der Waals surface area contributed by atoms with Gasteiger partial charge < -0.3 is 15.2 Å². The molecule has 14 heavy (non-hydrogen) atoms. The molecule has 1 unspecified atom stereocenters. The Hall–Kier alpha value is -0.610. The van der Waals surface area contributed by atoms with E-state index in [9.17, 15) is 9.90 Å². The van der Waals surface area contributed by atoms with Gasteiger partial charge in [-0.1, -0.05) is 0 Å². The van der Waals surface area contributed by atoms with Gasteiger partial charge in [-0.05, 0) is 26.7 Å². The Morgan fingerprint density at radius 3 is 2.86 bits per heavy atom. The molecule has 82 valence electrons. The number of aliphatic hydroxyl groups is 1. The van der Waals surface area contributed by atoms with Crippen LogP contribution in [0, 0.1) is 0 Å². The van der Waals surface area contributed by atoms with E-state index in [-0.39, 0.29) is 12.0 Å². The molecule has 0 aromatic heterocycles. The maximum Gasteiger partial charge on any atom is 0.222 e. The van der Waals surface area contributed by atoms with Gasteiger partial charge in [0.2, 0.25) is 5.91 Å². The van der Waals surface area contributed by atoms with E-state index in [0.717, 1.165) is 19.4 Å². The lowest BCUT2D eigenvalue weighted by molar-refractivity contribution is -0.124. The second kappa shape index (κ2) is 4.75. The second-order valence-corrected chi connectivity index (χ2v) is 4.43. The molecule has 0 aromatic rings. The topological polar surface area (TPSA) is 58.6 Å². The predicted octanol–water partition coefficient (Wildman–Crippen LogP) is 0.443. The largest absolute Gasteiger partial charge is 0.389 e. The van der Waals surface area contributed by atoms with Crippen molar-refractivity contribution in [3.63, 3.8) is 0 Å². The molecular formula is C10H19NO3. The first-order valence-corrected chi connectivity index (χ1v) is 5.08. The minimum absolute atomic E-state index is 0.0426. The predicted molar refractivity (Wildman–Crippen MR) is 52.9 cm³/mol. The third-order valence-corrected chi connectivity index (χ3v) is 2.16. The summed E-state index contributed by atoms with van der Waals surface area (Å²) in [6.45, 7) is 4.39. The molecule has 0 spiro atoms. The van der Waals surface area contributed by atoms with Crippen LogP contribution in [0.1, 0.15) is 33.1 Å². The molecule has 1 amide bonds. The van der Waals surface area contributed by atoms with E-state index in [2.05, 4.69) is 5.32 Å². The van der Waals surface area contributed by atoms with Gasteiger partial charge >= 0.3 is 0 Å². The fourth-order valence-corrected chi connectivity index (χ4v) is 1.40. The van der Waals surface area contributed by atoms with Crippen molar-refractivity contribution in [1.29, 1.82) is 0 Å². The van der Waals surface area contributed by atoms with Crippen molar-refractivity contribution in [3.8, 4) is 0 Å². The first-order chi connectivity index (χ1) is 6.47. The molecule has 2 N–H and O–H groups in total. The summed E-state index contributed by atoms with van der Waals surface area (Å²) in [6, 6.07) is 0. The summed E-state index contributed by atoms with van der Waals surface area (Å²) >= 11 is 0. The zero-order valence-electron chi connectivity index (χ0n) is 8.88. The lowest BCUT2D eigenvalue weighted by Crippen LogP contribution is -2.39. The Labute approximate surface area is 84.6 Å². The lowest BCUT2D eigenvalue weighted by atomic mass is 10.1. The van der Waals surface area contributed by atoms with Crippen LogP contribution in [0.15, 0.2) is 0 Å². The zero-order chi connectivity index (χ0) is 10.6. The first kappa shape index (κ1) is 11.5. The summed E-state index contributed by atoms with van der Waals surface area (Å²) in [7, 11) is 0. The standard InChI is InChI=1S/C10H19NO3/c1-10(2,13)7-11-9(12)6-8-4-3-5-14-8/h8,13H,3-7H2,1-2H3,(H,11,12). The number of nitrogens with one attached hydrogen (secondary N) is 1. The van der Waals surface area contributed by atoms with Crippen LogP contribution in [-0.2, 0) is 9.53 Å². The van der Waals surface area contributed by atoms with Crippen molar-refractivity contribution < 1.29 is 14.6 Å². The quantitative estimate of drug-likeness (QED) is 0.694.